The van der Waals surface area contributed by atoms with E-state index in [2.05, 4.69) is 5.32 Å². The van der Waals surface area contributed by atoms with Gasteiger partial charge < -0.3 is 16.0 Å². The Bertz CT molecular complexity index is 380. The molecule has 2 unspecified atom stereocenters. The molecule has 1 aromatic carbocycles. The summed E-state index contributed by atoms with van der Waals surface area (Å²) in [5.74, 6) is 0. The van der Waals surface area contributed by atoms with Gasteiger partial charge in [-0.1, -0.05) is 30.3 Å². The highest BCUT2D eigenvalue weighted by molar-refractivity contribution is 5.75. The van der Waals surface area contributed by atoms with Crippen molar-refractivity contribution in [1.82, 2.24) is 10.2 Å². The zero-order valence-corrected chi connectivity index (χ0v) is 10.1. The van der Waals surface area contributed by atoms with E-state index in [0.717, 1.165) is 18.5 Å². The molecule has 3 N–H and O–H groups in total. The van der Waals surface area contributed by atoms with E-state index < -0.39 is 0 Å². The predicted octanol–water partition coefficient (Wildman–Crippen LogP) is 1.32. The minimum atomic E-state index is -0.0192. The molecule has 4 heteroatoms. The molecule has 1 aromatic rings. The second-order valence-electron chi connectivity index (χ2n) is 4.53. The quantitative estimate of drug-likeness (QED) is 0.809. The lowest BCUT2D eigenvalue weighted by Crippen LogP contribution is -2.45. The normalized spacial score (nSPS) is 23.8. The van der Waals surface area contributed by atoms with Crippen LogP contribution >= 0.6 is 0 Å². The van der Waals surface area contributed by atoms with Crippen LogP contribution in [-0.2, 0) is 6.54 Å². The molecule has 2 atom stereocenters. The van der Waals surface area contributed by atoms with Crippen molar-refractivity contribution in [3.63, 3.8) is 0 Å². The lowest BCUT2D eigenvalue weighted by molar-refractivity contribution is 0.194. The summed E-state index contributed by atoms with van der Waals surface area (Å²) in [5, 5.41) is 2.92. The third kappa shape index (κ3) is 2.77. The Labute approximate surface area is 102 Å². The smallest absolute Gasteiger partial charge is 0.317 e. The first-order valence-electron chi connectivity index (χ1n) is 6.02. The van der Waals surface area contributed by atoms with Crippen LogP contribution in [-0.4, -0.2) is 29.6 Å². The molecule has 0 spiro atoms. The van der Waals surface area contributed by atoms with Gasteiger partial charge in [0.25, 0.3) is 0 Å². The van der Waals surface area contributed by atoms with Crippen molar-refractivity contribution in [3.05, 3.63) is 35.9 Å². The van der Waals surface area contributed by atoms with Crippen molar-refractivity contribution in [2.45, 2.75) is 32.0 Å². The Morgan fingerprint density at radius 1 is 1.47 bits per heavy atom. The summed E-state index contributed by atoms with van der Waals surface area (Å²) in [5.41, 5.74) is 7.00. The van der Waals surface area contributed by atoms with Crippen molar-refractivity contribution >= 4 is 6.03 Å². The van der Waals surface area contributed by atoms with Gasteiger partial charge in [-0.3, -0.25) is 0 Å². The Kier molecular flexibility index (Phi) is 3.64. The molecular weight excluding hydrogens is 214 g/mol. The van der Waals surface area contributed by atoms with Gasteiger partial charge >= 0.3 is 6.03 Å². The zero-order valence-electron chi connectivity index (χ0n) is 10.1. The third-order valence-corrected chi connectivity index (χ3v) is 3.36. The maximum Gasteiger partial charge on any atom is 0.317 e. The molecule has 0 bridgehead atoms. The third-order valence-electron chi connectivity index (χ3n) is 3.36. The van der Waals surface area contributed by atoms with E-state index in [0.29, 0.717) is 6.54 Å². The number of benzene rings is 1. The van der Waals surface area contributed by atoms with Crippen molar-refractivity contribution in [2.24, 2.45) is 5.73 Å². The monoisotopic (exact) mass is 233 g/mol. The molecule has 1 saturated heterocycles. The average molecular weight is 233 g/mol. The molecule has 1 fully saturated rings. The number of nitrogens with zero attached hydrogens (tertiary/aromatic N) is 1. The maximum absolute atomic E-state index is 11.9. The number of urea groups is 1. The summed E-state index contributed by atoms with van der Waals surface area (Å²) in [6.45, 7) is 3.32. The minimum absolute atomic E-state index is 0.0192. The minimum Gasteiger partial charge on any atom is -0.334 e. The fourth-order valence-corrected chi connectivity index (χ4v) is 2.13. The van der Waals surface area contributed by atoms with Crippen LogP contribution in [0.2, 0.25) is 0 Å². The molecule has 1 heterocycles. The van der Waals surface area contributed by atoms with E-state index in [1.165, 1.54) is 0 Å². The number of amides is 2. The Morgan fingerprint density at radius 3 is 2.76 bits per heavy atom. The first kappa shape index (κ1) is 11.9. The van der Waals surface area contributed by atoms with Crippen LogP contribution in [0.4, 0.5) is 4.79 Å². The summed E-state index contributed by atoms with van der Waals surface area (Å²) in [6.07, 6.45) is 0.889. The highest BCUT2D eigenvalue weighted by Gasteiger charge is 2.31. The summed E-state index contributed by atoms with van der Waals surface area (Å²) in [4.78, 5) is 13.7. The molecule has 1 aliphatic heterocycles. The second-order valence-corrected chi connectivity index (χ2v) is 4.53. The van der Waals surface area contributed by atoms with E-state index in [9.17, 15) is 4.79 Å². The van der Waals surface area contributed by atoms with E-state index in [4.69, 9.17) is 5.73 Å². The Balaban J connectivity index is 1.86. The summed E-state index contributed by atoms with van der Waals surface area (Å²) < 4.78 is 0. The Morgan fingerprint density at radius 2 is 2.18 bits per heavy atom. The van der Waals surface area contributed by atoms with Gasteiger partial charge in [-0.2, -0.15) is 0 Å². The molecule has 0 aliphatic carbocycles. The van der Waals surface area contributed by atoms with Gasteiger partial charge in [-0.25, -0.2) is 4.79 Å². The first-order valence-corrected chi connectivity index (χ1v) is 6.02. The van der Waals surface area contributed by atoms with Gasteiger partial charge in [0.1, 0.15) is 0 Å². The van der Waals surface area contributed by atoms with Crippen molar-refractivity contribution in [1.29, 1.82) is 0 Å². The van der Waals surface area contributed by atoms with Gasteiger partial charge in [0.05, 0.1) is 0 Å². The van der Waals surface area contributed by atoms with Crippen LogP contribution in [0, 0.1) is 0 Å². The largest absolute Gasteiger partial charge is 0.334 e. The van der Waals surface area contributed by atoms with Crippen LogP contribution in [0.1, 0.15) is 18.9 Å². The van der Waals surface area contributed by atoms with Crippen LogP contribution in [0.25, 0.3) is 0 Å². The fourth-order valence-electron chi connectivity index (χ4n) is 2.13. The highest BCUT2D eigenvalue weighted by Crippen LogP contribution is 2.15. The molecule has 2 rings (SSSR count). The molecule has 4 nitrogen and oxygen atoms in total. The number of hydrogen-bond acceptors (Lipinski definition) is 2. The zero-order chi connectivity index (χ0) is 12.3. The summed E-state index contributed by atoms with van der Waals surface area (Å²) >= 11 is 0. The number of nitrogens with two attached hydrogens (primary N) is 1. The number of nitrogens with one attached hydrogen (secondary N) is 1. The first-order chi connectivity index (χ1) is 8.18. The number of likely N-dealkylation sites (tertiary alicyclic amines) is 1. The van der Waals surface area contributed by atoms with Gasteiger partial charge in [0, 0.05) is 25.2 Å². The molecular formula is C13H19N3O. The highest BCUT2D eigenvalue weighted by atomic mass is 16.2. The SMILES string of the molecule is CC1C(N)CCN1C(=O)NCc1ccccc1. The maximum atomic E-state index is 11.9. The summed E-state index contributed by atoms with van der Waals surface area (Å²) in [7, 11) is 0. The van der Waals surface area contributed by atoms with Crippen LogP contribution < -0.4 is 11.1 Å². The van der Waals surface area contributed by atoms with Gasteiger partial charge in [-0.15, -0.1) is 0 Å². The van der Waals surface area contributed by atoms with Gasteiger partial charge in [-0.05, 0) is 18.9 Å². The average Bonchev–Trinajstić information content (AvgIpc) is 2.69. The van der Waals surface area contributed by atoms with Gasteiger partial charge in [0.15, 0.2) is 0 Å². The van der Waals surface area contributed by atoms with Crippen molar-refractivity contribution < 1.29 is 4.79 Å². The molecule has 0 radical (unpaired) electrons. The standard InChI is InChI=1S/C13H19N3O/c1-10-12(14)7-8-16(10)13(17)15-9-11-5-3-2-4-6-11/h2-6,10,12H,7-9,14H2,1H3,(H,15,17). The summed E-state index contributed by atoms with van der Waals surface area (Å²) in [6, 6.07) is 10.1. The second kappa shape index (κ2) is 5.19. The lowest BCUT2D eigenvalue weighted by Gasteiger charge is -2.23. The number of carbonyl (C=O) groups is 1. The van der Waals surface area contributed by atoms with Crippen molar-refractivity contribution in [2.75, 3.05) is 6.54 Å². The van der Waals surface area contributed by atoms with Crippen LogP contribution in [0.15, 0.2) is 30.3 Å². The van der Waals surface area contributed by atoms with E-state index in [1.54, 1.807) is 0 Å². The molecule has 0 aromatic heterocycles. The van der Waals surface area contributed by atoms with Crippen LogP contribution in [0.5, 0.6) is 0 Å². The van der Waals surface area contributed by atoms with Crippen LogP contribution in [0.3, 0.4) is 0 Å². The van der Waals surface area contributed by atoms with E-state index in [1.807, 2.05) is 42.2 Å². The number of rotatable bonds is 2. The van der Waals surface area contributed by atoms with Crippen molar-refractivity contribution in [3.8, 4) is 0 Å². The molecule has 2 amide bonds. The van der Waals surface area contributed by atoms with Gasteiger partial charge in [0.2, 0.25) is 0 Å². The topological polar surface area (TPSA) is 58.4 Å². The van der Waals surface area contributed by atoms with E-state index in [-0.39, 0.29) is 18.1 Å². The molecule has 0 saturated carbocycles. The molecule has 92 valence electrons. The number of hydrogen-bond donors (Lipinski definition) is 2. The lowest BCUT2D eigenvalue weighted by atomic mass is 10.2. The fraction of sp³-hybridized carbons (Fsp3) is 0.462. The predicted molar refractivity (Wildman–Crippen MR) is 67.4 cm³/mol. The number of carbonyl (C=O) groups excluding carboxylic acids is 1. The molecule has 17 heavy (non-hydrogen) atoms. The Hall–Kier alpha value is -1.55. The molecule has 1 aliphatic rings. The van der Waals surface area contributed by atoms with E-state index >= 15 is 0 Å².